The van der Waals surface area contributed by atoms with Gasteiger partial charge in [-0.3, -0.25) is 4.79 Å². The second-order valence-corrected chi connectivity index (χ2v) is 4.64. The minimum Gasteiger partial charge on any atom is -0.368 e. The number of ketones is 1. The first-order valence-electron chi connectivity index (χ1n) is 6.21. The normalized spacial score (nSPS) is 11.5. The van der Waals surface area contributed by atoms with E-state index in [-0.39, 0.29) is 5.78 Å². The number of para-hydroxylation sites is 1. The number of Topliss-reactive ketones (excluding diaryl/α,β-unsaturated/α-hetero) is 1. The molecule has 0 N–H and O–H groups in total. The van der Waals surface area contributed by atoms with Crippen LogP contribution in [0.1, 0.15) is 31.3 Å². The maximum atomic E-state index is 12.5. The summed E-state index contributed by atoms with van der Waals surface area (Å²) in [6.45, 7) is 5.84. The zero-order valence-corrected chi connectivity index (χ0v) is 11.3. The molecule has 1 aromatic carbocycles. The summed E-state index contributed by atoms with van der Waals surface area (Å²) in [5, 5.41) is 7.80. The van der Waals surface area contributed by atoms with Crippen LogP contribution < -0.4 is 0 Å². The lowest BCUT2D eigenvalue weighted by atomic mass is 10.0. The zero-order valence-electron chi connectivity index (χ0n) is 11.3. The Labute approximate surface area is 112 Å². The molecule has 0 bridgehead atoms. The molecule has 0 amide bonds. The molecule has 19 heavy (non-hydrogen) atoms. The summed E-state index contributed by atoms with van der Waals surface area (Å²) in [7, 11) is 0. The molecular formula is C14H17N3O2. The van der Waals surface area contributed by atoms with Crippen LogP contribution >= 0.6 is 0 Å². The Bertz CT molecular complexity index is 561. The van der Waals surface area contributed by atoms with Crippen molar-refractivity contribution in [3.8, 4) is 5.69 Å². The van der Waals surface area contributed by atoms with Gasteiger partial charge in [0.15, 0.2) is 0 Å². The van der Waals surface area contributed by atoms with Gasteiger partial charge >= 0.3 is 0 Å². The van der Waals surface area contributed by atoms with Crippen molar-refractivity contribution < 1.29 is 9.53 Å². The largest absolute Gasteiger partial charge is 0.368 e. The highest BCUT2D eigenvalue weighted by molar-refractivity contribution is 6.00. The van der Waals surface area contributed by atoms with Gasteiger partial charge < -0.3 is 4.74 Å². The molecule has 2 aromatic rings. The summed E-state index contributed by atoms with van der Waals surface area (Å²) in [5.74, 6) is -0.136. The van der Waals surface area contributed by atoms with Gasteiger partial charge in [0.1, 0.15) is 11.3 Å². The Morgan fingerprint density at radius 1 is 1.32 bits per heavy atom. The fraction of sp³-hybridized carbons (Fsp3) is 0.357. The number of rotatable bonds is 5. The van der Waals surface area contributed by atoms with E-state index >= 15 is 0 Å². The molecule has 0 spiro atoms. The Morgan fingerprint density at radius 2 is 2.00 bits per heavy atom. The first-order chi connectivity index (χ1) is 9.06. The van der Waals surface area contributed by atoms with Crippen LogP contribution in [0.4, 0.5) is 0 Å². The molecule has 0 saturated heterocycles. The molecule has 0 aliphatic heterocycles. The van der Waals surface area contributed by atoms with Crippen LogP contribution in [0.5, 0.6) is 0 Å². The summed E-state index contributed by atoms with van der Waals surface area (Å²) in [6, 6.07) is 9.43. The topological polar surface area (TPSA) is 57.0 Å². The molecule has 0 aliphatic rings. The third-order valence-corrected chi connectivity index (χ3v) is 2.83. The lowest BCUT2D eigenvalue weighted by molar-refractivity contribution is 0.000665. The minimum absolute atomic E-state index is 0.136. The number of nitrogens with zero attached hydrogens (tertiary/aromatic N) is 3. The monoisotopic (exact) mass is 259 g/mol. The molecule has 5 heteroatoms. The van der Waals surface area contributed by atoms with Crippen molar-refractivity contribution in [1.29, 1.82) is 0 Å². The molecule has 0 unspecified atom stereocenters. The Kier molecular flexibility index (Phi) is 3.76. The molecule has 0 aliphatic carbocycles. The minimum atomic E-state index is -0.886. The summed E-state index contributed by atoms with van der Waals surface area (Å²) >= 11 is 0. The van der Waals surface area contributed by atoms with Crippen molar-refractivity contribution in [1.82, 2.24) is 15.0 Å². The van der Waals surface area contributed by atoms with Crippen molar-refractivity contribution in [2.75, 3.05) is 6.61 Å². The molecular weight excluding hydrogens is 242 g/mol. The maximum absolute atomic E-state index is 12.5. The zero-order chi connectivity index (χ0) is 13.9. The predicted molar refractivity (Wildman–Crippen MR) is 71.4 cm³/mol. The van der Waals surface area contributed by atoms with Gasteiger partial charge in [-0.15, -0.1) is 5.10 Å². The standard InChI is InChI=1S/C14H17N3O2/c1-4-19-14(2,3)13(18)12-10-15-16-17(12)11-8-6-5-7-9-11/h5-10H,4H2,1-3H3. The Morgan fingerprint density at radius 3 is 2.63 bits per heavy atom. The number of ether oxygens (including phenoxy) is 1. The van der Waals surface area contributed by atoms with E-state index in [0.29, 0.717) is 12.3 Å². The number of hydrogen-bond donors (Lipinski definition) is 0. The van der Waals surface area contributed by atoms with Gasteiger partial charge in [-0.25, -0.2) is 4.68 Å². The Balaban J connectivity index is 2.38. The predicted octanol–water partition coefficient (Wildman–Crippen LogP) is 2.27. The van der Waals surface area contributed by atoms with Crippen LogP contribution in [0, 0.1) is 0 Å². The van der Waals surface area contributed by atoms with E-state index in [1.807, 2.05) is 37.3 Å². The fourth-order valence-corrected chi connectivity index (χ4v) is 1.88. The smallest absolute Gasteiger partial charge is 0.214 e. The van der Waals surface area contributed by atoms with E-state index in [1.165, 1.54) is 10.9 Å². The van der Waals surface area contributed by atoms with Crippen LogP contribution in [0.3, 0.4) is 0 Å². The average molecular weight is 259 g/mol. The lowest BCUT2D eigenvalue weighted by Crippen LogP contribution is -2.36. The van der Waals surface area contributed by atoms with E-state index in [0.717, 1.165) is 5.69 Å². The van der Waals surface area contributed by atoms with Gasteiger partial charge in [0, 0.05) is 6.61 Å². The second-order valence-electron chi connectivity index (χ2n) is 4.64. The molecule has 1 heterocycles. The molecule has 0 saturated carbocycles. The molecule has 0 fully saturated rings. The third-order valence-electron chi connectivity index (χ3n) is 2.83. The van der Waals surface area contributed by atoms with E-state index in [2.05, 4.69) is 10.3 Å². The van der Waals surface area contributed by atoms with Gasteiger partial charge in [0.05, 0.1) is 11.9 Å². The van der Waals surface area contributed by atoms with E-state index in [4.69, 9.17) is 4.74 Å². The van der Waals surface area contributed by atoms with Gasteiger partial charge in [0.2, 0.25) is 5.78 Å². The number of benzene rings is 1. The molecule has 0 radical (unpaired) electrons. The van der Waals surface area contributed by atoms with Gasteiger partial charge in [0.25, 0.3) is 0 Å². The second kappa shape index (κ2) is 5.32. The average Bonchev–Trinajstić information content (AvgIpc) is 2.87. The van der Waals surface area contributed by atoms with Crippen LogP contribution in [0.25, 0.3) is 5.69 Å². The number of aromatic nitrogens is 3. The van der Waals surface area contributed by atoms with Gasteiger partial charge in [-0.1, -0.05) is 23.4 Å². The number of carbonyl (C=O) groups excluding carboxylic acids is 1. The molecule has 100 valence electrons. The number of hydrogen-bond acceptors (Lipinski definition) is 4. The lowest BCUT2D eigenvalue weighted by Gasteiger charge is -2.22. The summed E-state index contributed by atoms with van der Waals surface area (Å²) in [4.78, 5) is 12.5. The van der Waals surface area contributed by atoms with Crippen LogP contribution in [0.2, 0.25) is 0 Å². The highest BCUT2D eigenvalue weighted by Crippen LogP contribution is 2.18. The van der Waals surface area contributed by atoms with Crippen LogP contribution in [0.15, 0.2) is 36.5 Å². The first-order valence-corrected chi connectivity index (χ1v) is 6.21. The van der Waals surface area contributed by atoms with Crippen LogP contribution in [-0.4, -0.2) is 33.0 Å². The van der Waals surface area contributed by atoms with Crippen molar-refractivity contribution >= 4 is 5.78 Å². The highest BCUT2D eigenvalue weighted by atomic mass is 16.5. The summed E-state index contributed by atoms with van der Waals surface area (Å²) in [6.07, 6.45) is 1.47. The fourth-order valence-electron chi connectivity index (χ4n) is 1.88. The number of carbonyl (C=O) groups is 1. The Hall–Kier alpha value is -2.01. The van der Waals surface area contributed by atoms with Crippen molar-refractivity contribution in [2.45, 2.75) is 26.4 Å². The van der Waals surface area contributed by atoms with E-state index in [1.54, 1.807) is 13.8 Å². The van der Waals surface area contributed by atoms with Crippen molar-refractivity contribution in [3.63, 3.8) is 0 Å². The molecule has 5 nitrogen and oxygen atoms in total. The molecule has 0 atom stereocenters. The van der Waals surface area contributed by atoms with Crippen molar-refractivity contribution in [3.05, 3.63) is 42.2 Å². The first kappa shape index (κ1) is 13.4. The highest BCUT2D eigenvalue weighted by Gasteiger charge is 2.32. The summed E-state index contributed by atoms with van der Waals surface area (Å²) in [5.41, 5.74) is 0.337. The molecule has 2 rings (SSSR count). The van der Waals surface area contributed by atoms with E-state index in [9.17, 15) is 4.79 Å². The molecule has 1 aromatic heterocycles. The SMILES string of the molecule is CCOC(C)(C)C(=O)c1cnnn1-c1ccccc1. The van der Waals surface area contributed by atoms with Crippen LogP contribution in [-0.2, 0) is 4.74 Å². The van der Waals surface area contributed by atoms with E-state index < -0.39 is 5.60 Å². The van der Waals surface area contributed by atoms with Crippen molar-refractivity contribution in [2.24, 2.45) is 0 Å². The van der Waals surface area contributed by atoms with Gasteiger partial charge in [-0.05, 0) is 32.9 Å². The van der Waals surface area contributed by atoms with Gasteiger partial charge in [-0.2, -0.15) is 0 Å². The quantitative estimate of drug-likeness (QED) is 0.773. The third kappa shape index (κ3) is 2.71. The summed E-state index contributed by atoms with van der Waals surface area (Å²) < 4.78 is 7.02. The maximum Gasteiger partial charge on any atom is 0.214 e.